The quantitative estimate of drug-likeness (QED) is 0.753. The molecule has 5 nitrogen and oxygen atoms in total. The fourth-order valence-corrected chi connectivity index (χ4v) is 3.49. The molecule has 0 spiro atoms. The lowest BCUT2D eigenvalue weighted by Gasteiger charge is -2.43. The number of carbonyl (C=O) groups is 2. The summed E-state index contributed by atoms with van der Waals surface area (Å²) >= 11 is 5.72. The number of nitrogens with zero attached hydrogens (tertiary/aromatic N) is 1. The third-order valence-electron chi connectivity index (χ3n) is 4.51. The summed E-state index contributed by atoms with van der Waals surface area (Å²) in [6.07, 6.45) is -4.59. The number of ether oxygens (including phenoxy) is 1. The number of carbonyl (C=O) groups excluding carboxylic acids is 2. The van der Waals surface area contributed by atoms with Crippen molar-refractivity contribution in [2.45, 2.75) is 57.9 Å². The lowest BCUT2D eigenvalue weighted by atomic mass is 9.80. The van der Waals surface area contributed by atoms with E-state index in [1.807, 2.05) is 0 Å². The predicted octanol–water partition coefficient (Wildman–Crippen LogP) is 4.72. The van der Waals surface area contributed by atoms with E-state index in [-0.39, 0.29) is 31.8 Å². The highest BCUT2D eigenvalue weighted by molar-refractivity contribution is 6.31. The van der Waals surface area contributed by atoms with Gasteiger partial charge in [-0.2, -0.15) is 13.2 Å². The summed E-state index contributed by atoms with van der Waals surface area (Å²) in [4.78, 5) is 25.5. The van der Waals surface area contributed by atoms with Gasteiger partial charge >= 0.3 is 12.3 Å². The average Bonchev–Trinajstić information content (AvgIpc) is 2.52. The summed E-state index contributed by atoms with van der Waals surface area (Å²) in [5, 5.41) is 2.39. The van der Waals surface area contributed by atoms with Gasteiger partial charge in [0.25, 0.3) is 0 Å². The second kappa shape index (κ2) is 7.81. The van der Waals surface area contributed by atoms with Crippen LogP contribution in [-0.2, 0) is 21.2 Å². The maximum absolute atomic E-state index is 13.3. The molecule has 156 valence electrons. The Hall–Kier alpha value is -1.96. The molecule has 1 fully saturated rings. The SMILES string of the molecule is CC(=O)NC1(c2ccc(Cl)c(C(F)(F)F)c2)CCN(C(=O)OC(C)(C)C)CC1. The van der Waals surface area contributed by atoms with Crippen molar-refractivity contribution in [3.63, 3.8) is 0 Å². The number of alkyl halides is 3. The first kappa shape index (κ1) is 22.3. The Morgan fingerprint density at radius 3 is 2.21 bits per heavy atom. The Morgan fingerprint density at radius 2 is 1.75 bits per heavy atom. The van der Waals surface area contributed by atoms with Crippen molar-refractivity contribution < 1.29 is 27.5 Å². The molecule has 0 unspecified atom stereocenters. The van der Waals surface area contributed by atoms with E-state index in [1.54, 1.807) is 20.8 Å². The Balaban J connectivity index is 2.31. The van der Waals surface area contributed by atoms with Gasteiger partial charge < -0.3 is 15.0 Å². The molecule has 0 saturated carbocycles. The Bertz CT molecular complexity index is 752. The van der Waals surface area contributed by atoms with Gasteiger partial charge in [0.2, 0.25) is 5.91 Å². The highest BCUT2D eigenvalue weighted by Crippen LogP contribution is 2.40. The molecule has 9 heteroatoms. The Labute approximate surface area is 167 Å². The van der Waals surface area contributed by atoms with Gasteiger partial charge in [0.15, 0.2) is 0 Å². The number of hydrogen-bond acceptors (Lipinski definition) is 3. The summed E-state index contributed by atoms with van der Waals surface area (Å²) in [5.41, 5.74) is -2.31. The maximum atomic E-state index is 13.3. The summed E-state index contributed by atoms with van der Waals surface area (Å²) in [5.74, 6) is -0.366. The van der Waals surface area contributed by atoms with E-state index in [2.05, 4.69) is 5.32 Å². The summed E-state index contributed by atoms with van der Waals surface area (Å²) in [7, 11) is 0. The van der Waals surface area contributed by atoms with Crippen LogP contribution in [-0.4, -0.2) is 35.6 Å². The predicted molar refractivity (Wildman–Crippen MR) is 99.0 cm³/mol. The average molecular weight is 421 g/mol. The van der Waals surface area contributed by atoms with E-state index in [1.165, 1.54) is 24.0 Å². The van der Waals surface area contributed by atoms with E-state index < -0.39 is 34.0 Å². The van der Waals surface area contributed by atoms with E-state index in [0.29, 0.717) is 5.56 Å². The van der Waals surface area contributed by atoms with Crippen LogP contribution in [0.3, 0.4) is 0 Å². The molecule has 2 rings (SSSR count). The van der Waals surface area contributed by atoms with Gasteiger partial charge in [-0.1, -0.05) is 17.7 Å². The smallest absolute Gasteiger partial charge is 0.417 e. The number of amides is 2. The molecule has 0 bridgehead atoms. The van der Waals surface area contributed by atoms with Gasteiger partial charge in [0, 0.05) is 20.0 Å². The first-order chi connectivity index (χ1) is 12.7. The lowest BCUT2D eigenvalue weighted by molar-refractivity contribution is -0.137. The van der Waals surface area contributed by atoms with Crippen molar-refractivity contribution >= 4 is 23.6 Å². The third-order valence-corrected chi connectivity index (χ3v) is 4.84. The van der Waals surface area contributed by atoms with Crippen LogP contribution in [0.4, 0.5) is 18.0 Å². The molecule has 1 saturated heterocycles. The molecule has 1 aliphatic rings. The fraction of sp³-hybridized carbons (Fsp3) is 0.579. The van der Waals surface area contributed by atoms with Crippen molar-refractivity contribution in [1.82, 2.24) is 10.2 Å². The van der Waals surface area contributed by atoms with E-state index in [0.717, 1.165) is 6.07 Å². The van der Waals surface area contributed by atoms with Crippen LogP contribution in [0.25, 0.3) is 0 Å². The van der Waals surface area contributed by atoms with Gasteiger partial charge in [-0.3, -0.25) is 4.79 Å². The first-order valence-electron chi connectivity index (χ1n) is 8.87. The second-order valence-electron chi connectivity index (χ2n) is 7.92. The van der Waals surface area contributed by atoms with Gasteiger partial charge in [-0.15, -0.1) is 0 Å². The molecule has 1 aliphatic heterocycles. The zero-order valence-electron chi connectivity index (χ0n) is 16.2. The summed E-state index contributed by atoms with van der Waals surface area (Å²) < 4.78 is 45.1. The number of benzene rings is 1. The van der Waals surface area contributed by atoms with Crippen LogP contribution < -0.4 is 5.32 Å². The minimum Gasteiger partial charge on any atom is -0.444 e. The summed E-state index contributed by atoms with van der Waals surface area (Å²) in [6.45, 7) is 7.04. The topological polar surface area (TPSA) is 58.6 Å². The fourth-order valence-electron chi connectivity index (χ4n) is 3.26. The van der Waals surface area contributed by atoms with Crippen molar-refractivity contribution in [2.24, 2.45) is 0 Å². The van der Waals surface area contributed by atoms with Gasteiger partial charge in [-0.05, 0) is 51.3 Å². The van der Waals surface area contributed by atoms with Gasteiger partial charge in [0.1, 0.15) is 5.60 Å². The number of halogens is 4. The molecule has 1 aromatic rings. The minimum absolute atomic E-state index is 0.235. The molecule has 2 amide bonds. The molecule has 1 heterocycles. The molecule has 0 aromatic heterocycles. The van der Waals surface area contributed by atoms with Crippen LogP contribution in [0.2, 0.25) is 5.02 Å². The normalized spacial score (nSPS) is 17.2. The third kappa shape index (κ3) is 5.31. The van der Waals surface area contributed by atoms with Crippen molar-refractivity contribution in [3.05, 3.63) is 34.3 Å². The molecule has 0 atom stereocenters. The van der Waals surface area contributed by atoms with Crippen LogP contribution >= 0.6 is 11.6 Å². The highest BCUT2D eigenvalue weighted by atomic mass is 35.5. The maximum Gasteiger partial charge on any atom is 0.417 e. The van der Waals surface area contributed by atoms with Gasteiger partial charge in [0.05, 0.1) is 16.1 Å². The highest BCUT2D eigenvalue weighted by Gasteiger charge is 2.41. The summed E-state index contributed by atoms with van der Waals surface area (Å²) in [6, 6.07) is 3.64. The van der Waals surface area contributed by atoms with Crippen molar-refractivity contribution in [2.75, 3.05) is 13.1 Å². The van der Waals surface area contributed by atoms with E-state index in [4.69, 9.17) is 16.3 Å². The molecule has 0 aliphatic carbocycles. The monoisotopic (exact) mass is 420 g/mol. The first-order valence-corrected chi connectivity index (χ1v) is 9.25. The van der Waals surface area contributed by atoms with Crippen LogP contribution in [0.15, 0.2) is 18.2 Å². The Kier molecular flexibility index (Phi) is 6.23. The van der Waals surface area contributed by atoms with Crippen molar-refractivity contribution in [3.8, 4) is 0 Å². The lowest BCUT2D eigenvalue weighted by Crippen LogP contribution is -2.54. The number of piperidine rings is 1. The van der Waals surface area contributed by atoms with Crippen LogP contribution in [0, 0.1) is 0 Å². The van der Waals surface area contributed by atoms with E-state index in [9.17, 15) is 22.8 Å². The number of likely N-dealkylation sites (tertiary alicyclic amines) is 1. The molecule has 1 aromatic carbocycles. The molecule has 1 N–H and O–H groups in total. The van der Waals surface area contributed by atoms with Crippen molar-refractivity contribution in [1.29, 1.82) is 0 Å². The standard InChI is InChI=1S/C19H24ClF3N2O3/c1-12(26)24-18(13-5-6-15(20)14(11-13)19(21,22)23)7-9-25(10-8-18)16(27)28-17(2,3)4/h5-6,11H,7-10H2,1-4H3,(H,24,26). The minimum atomic E-state index is -4.61. The number of rotatable bonds is 2. The zero-order chi connectivity index (χ0) is 21.3. The van der Waals surface area contributed by atoms with Crippen LogP contribution in [0.5, 0.6) is 0 Å². The zero-order valence-corrected chi connectivity index (χ0v) is 17.0. The second-order valence-corrected chi connectivity index (χ2v) is 8.33. The molecular formula is C19H24ClF3N2O3. The number of nitrogens with one attached hydrogen (secondary N) is 1. The Morgan fingerprint density at radius 1 is 1.18 bits per heavy atom. The van der Waals surface area contributed by atoms with Gasteiger partial charge in [-0.25, -0.2) is 4.79 Å². The molecule has 28 heavy (non-hydrogen) atoms. The molecule has 0 radical (unpaired) electrons. The van der Waals surface area contributed by atoms with E-state index >= 15 is 0 Å². The molecular weight excluding hydrogens is 397 g/mol. The largest absolute Gasteiger partial charge is 0.444 e. The number of hydrogen-bond donors (Lipinski definition) is 1. The van der Waals surface area contributed by atoms with Crippen LogP contribution in [0.1, 0.15) is 51.7 Å².